The van der Waals surface area contributed by atoms with Crippen LogP contribution >= 0.6 is 0 Å². The summed E-state index contributed by atoms with van der Waals surface area (Å²) >= 11 is 0. The number of carbonyl (C=O) groups excluding carboxylic acids is 1. The lowest BCUT2D eigenvalue weighted by Gasteiger charge is -2.19. The molecule has 4 rings (SSSR count). The maximum absolute atomic E-state index is 12.6. The predicted octanol–water partition coefficient (Wildman–Crippen LogP) is 5.20. The summed E-state index contributed by atoms with van der Waals surface area (Å²) in [5.41, 5.74) is 4.06. The van der Waals surface area contributed by atoms with Gasteiger partial charge in [0.15, 0.2) is 6.61 Å². The molecule has 0 unspecified atom stereocenters. The Morgan fingerprint density at radius 1 is 1.06 bits per heavy atom. The number of ether oxygens (including phenoxy) is 2. The van der Waals surface area contributed by atoms with Gasteiger partial charge in [0.1, 0.15) is 11.5 Å². The fraction of sp³-hybridized carbons (Fsp3) is 0.269. The number of carbonyl (C=O) groups is 1. The smallest absolute Gasteiger partial charge is 0.270 e. The third-order valence-electron chi connectivity index (χ3n) is 5.89. The maximum Gasteiger partial charge on any atom is 0.270 e. The van der Waals surface area contributed by atoms with Gasteiger partial charge in [-0.15, -0.1) is 0 Å². The summed E-state index contributed by atoms with van der Waals surface area (Å²) in [6.07, 6.45) is 2.41. The molecular formula is C26H27N3O5. The molecule has 176 valence electrons. The quantitative estimate of drug-likeness (QED) is 0.366. The SMILES string of the molecule is COc1ccc(-c2cc([N+](=O)[O-])ccc2OCC(=O)Nc2ccc(N3CCCC3)cc2C)cc1. The van der Waals surface area contributed by atoms with E-state index in [0.29, 0.717) is 22.6 Å². The van der Waals surface area contributed by atoms with Gasteiger partial charge in [-0.3, -0.25) is 14.9 Å². The molecule has 1 saturated heterocycles. The first kappa shape index (κ1) is 23.1. The number of hydrogen-bond acceptors (Lipinski definition) is 6. The van der Waals surface area contributed by atoms with E-state index >= 15 is 0 Å². The fourth-order valence-corrected chi connectivity index (χ4v) is 4.04. The topological polar surface area (TPSA) is 93.9 Å². The molecule has 0 saturated carbocycles. The molecule has 3 aromatic rings. The lowest BCUT2D eigenvalue weighted by atomic mass is 10.0. The summed E-state index contributed by atoms with van der Waals surface area (Å²) in [7, 11) is 1.57. The number of nitro benzene ring substituents is 1. The molecule has 0 radical (unpaired) electrons. The molecule has 1 heterocycles. The van der Waals surface area contributed by atoms with Crippen LogP contribution in [0, 0.1) is 17.0 Å². The number of amides is 1. The standard InChI is InChI=1S/C26H27N3O5/c1-18-15-20(28-13-3-4-14-28)7-11-24(18)27-26(30)17-34-25-12-8-21(29(31)32)16-23(25)19-5-9-22(33-2)10-6-19/h5-12,15-16H,3-4,13-14,17H2,1-2H3,(H,27,30). The molecule has 0 atom stereocenters. The molecule has 0 bridgehead atoms. The molecule has 1 aliphatic heterocycles. The molecule has 3 aromatic carbocycles. The molecule has 0 aromatic heterocycles. The van der Waals surface area contributed by atoms with E-state index in [1.165, 1.54) is 36.7 Å². The Bertz CT molecular complexity index is 1190. The van der Waals surface area contributed by atoms with Crippen molar-refractivity contribution in [2.24, 2.45) is 0 Å². The van der Waals surface area contributed by atoms with Gasteiger partial charge < -0.3 is 19.7 Å². The van der Waals surface area contributed by atoms with Crippen LogP contribution in [0.5, 0.6) is 11.5 Å². The largest absolute Gasteiger partial charge is 0.497 e. The van der Waals surface area contributed by atoms with Gasteiger partial charge in [0.05, 0.1) is 12.0 Å². The van der Waals surface area contributed by atoms with Crippen molar-refractivity contribution in [3.05, 3.63) is 76.3 Å². The first-order valence-corrected chi connectivity index (χ1v) is 11.2. The van der Waals surface area contributed by atoms with E-state index in [2.05, 4.69) is 16.3 Å². The van der Waals surface area contributed by atoms with E-state index in [9.17, 15) is 14.9 Å². The second-order valence-corrected chi connectivity index (χ2v) is 8.20. The van der Waals surface area contributed by atoms with Gasteiger partial charge in [0, 0.05) is 42.2 Å². The summed E-state index contributed by atoms with van der Waals surface area (Å²) in [4.78, 5) is 25.8. The van der Waals surface area contributed by atoms with Crippen molar-refractivity contribution in [3.63, 3.8) is 0 Å². The highest BCUT2D eigenvalue weighted by atomic mass is 16.6. The zero-order chi connectivity index (χ0) is 24.1. The molecule has 1 aliphatic rings. The van der Waals surface area contributed by atoms with Gasteiger partial charge in [-0.05, 0) is 67.3 Å². The van der Waals surface area contributed by atoms with Gasteiger partial charge in [-0.1, -0.05) is 12.1 Å². The maximum atomic E-state index is 12.6. The van der Waals surface area contributed by atoms with Crippen molar-refractivity contribution in [3.8, 4) is 22.6 Å². The summed E-state index contributed by atoms with van der Waals surface area (Å²) in [5.74, 6) is 0.741. The first-order chi connectivity index (χ1) is 16.4. The molecule has 1 N–H and O–H groups in total. The fourth-order valence-electron chi connectivity index (χ4n) is 4.04. The van der Waals surface area contributed by atoms with Gasteiger partial charge in [-0.2, -0.15) is 0 Å². The van der Waals surface area contributed by atoms with Crippen molar-refractivity contribution in [2.45, 2.75) is 19.8 Å². The Hall–Kier alpha value is -4.07. The molecule has 8 heteroatoms. The normalized spacial score (nSPS) is 12.9. The third kappa shape index (κ3) is 5.28. The van der Waals surface area contributed by atoms with Gasteiger partial charge in [0.2, 0.25) is 0 Å². The van der Waals surface area contributed by atoms with E-state index in [0.717, 1.165) is 24.3 Å². The number of methoxy groups -OCH3 is 1. The molecular weight excluding hydrogens is 434 g/mol. The summed E-state index contributed by atoms with van der Waals surface area (Å²) in [5, 5.41) is 14.2. The number of nitrogens with zero attached hydrogens (tertiary/aromatic N) is 2. The number of hydrogen-bond donors (Lipinski definition) is 1. The average Bonchev–Trinajstić information content (AvgIpc) is 3.39. The number of benzene rings is 3. The minimum atomic E-state index is -0.460. The Morgan fingerprint density at radius 3 is 2.44 bits per heavy atom. The average molecular weight is 462 g/mol. The predicted molar refractivity (Wildman–Crippen MR) is 132 cm³/mol. The number of non-ortho nitro benzene ring substituents is 1. The van der Waals surface area contributed by atoms with Crippen molar-refractivity contribution in [1.29, 1.82) is 0 Å². The van der Waals surface area contributed by atoms with E-state index in [-0.39, 0.29) is 18.2 Å². The van der Waals surface area contributed by atoms with Crippen LogP contribution in [0.2, 0.25) is 0 Å². The molecule has 1 amide bonds. The minimum Gasteiger partial charge on any atom is -0.497 e. The summed E-state index contributed by atoms with van der Waals surface area (Å²) < 4.78 is 11.0. The van der Waals surface area contributed by atoms with E-state index in [4.69, 9.17) is 9.47 Å². The highest BCUT2D eigenvalue weighted by Crippen LogP contribution is 2.34. The minimum absolute atomic E-state index is 0.0589. The van der Waals surface area contributed by atoms with Crippen molar-refractivity contribution in [2.75, 3.05) is 37.0 Å². The van der Waals surface area contributed by atoms with Gasteiger partial charge in [0.25, 0.3) is 11.6 Å². The lowest BCUT2D eigenvalue weighted by molar-refractivity contribution is -0.384. The van der Waals surface area contributed by atoms with Crippen LogP contribution in [0.3, 0.4) is 0 Å². The summed E-state index contributed by atoms with van der Waals surface area (Å²) in [6.45, 7) is 3.86. The third-order valence-corrected chi connectivity index (χ3v) is 5.89. The molecule has 34 heavy (non-hydrogen) atoms. The monoisotopic (exact) mass is 461 g/mol. The van der Waals surface area contributed by atoms with Crippen LogP contribution in [0.15, 0.2) is 60.7 Å². The number of nitro groups is 1. The van der Waals surface area contributed by atoms with Crippen LogP contribution in [-0.2, 0) is 4.79 Å². The van der Waals surface area contributed by atoms with Crippen LogP contribution in [-0.4, -0.2) is 37.6 Å². The van der Waals surface area contributed by atoms with Gasteiger partial charge >= 0.3 is 0 Å². The van der Waals surface area contributed by atoms with Crippen LogP contribution in [0.1, 0.15) is 18.4 Å². The molecule has 0 spiro atoms. The Morgan fingerprint density at radius 2 is 1.79 bits per heavy atom. The number of rotatable bonds is 8. The van der Waals surface area contributed by atoms with Crippen molar-refractivity contribution < 1.29 is 19.2 Å². The van der Waals surface area contributed by atoms with Gasteiger partial charge in [-0.25, -0.2) is 0 Å². The molecule has 0 aliphatic carbocycles. The first-order valence-electron chi connectivity index (χ1n) is 11.2. The van der Waals surface area contributed by atoms with Crippen LogP contribution in [0.25, 0.3) is 11.1 Å². The second kappa shape index (κ2) is 10.2. The Kier molecular flexibility index (Phi) is 6.96. The van der Waals surface area contributed by atoms with Crippen molar-refractivity contribution >= 4 is 23.0 Å². The number of anilines is 2. The molecule has 1 fully saturated rings. The Labute approximate surface area is 198 Å². The van der Waals surface area contributed by atoms with Crippen LogP contribution < -0.4 is 19.7 Å². The van der Waals surface area contributed by atoms with E-state index in [1.54, 1.807) is 31.4 Å². The second-order valence-electron chi connectivity index (χ2n) is 8.20. The van der Waals surface area contributed by atoms with Crippen molar-refractivity contribution in [1.82, 2.24) is 0 Å². The number of aryl methyl sites for hydroxylation is 1. The zero-order valence-electron chi connectivity index (χ0n) is 19.2. The summed E-state index contributed by atoms with van der Waals surface area (Å²) in [6, 6.07) is 17.4. The highest BCUT2D eigenvalue weighted by molar-refractivity contribution is 5.93. The molecule has 8 nitrogen and oxygen atoms in total. The highest BCUT2D eigenvalue weighted by Gasteiger charge is 2.16. The lowest BCUT2D eigenvalue weighted by Crippen LogP contribution is -2.21. The van der Waals surface area contributed by atoms with E-state index < -0.39 is 4.92 Å². The van der Waals surface area contributed by atoms with Crippen LogP contribution in [0.4, 0.5) is 17.1 Å². The Balaban J connectivity index is 1.47. The number of nitrogens with one attached hydrogen (secondary N) is 1. The van der Waals surface area contributed by atoms with E-state index in [1.807, 2.05) is 19.1 Å². The zero-order valence-corrected chi connectivity index (χ0v) is 19.2.